The largest absolute Gasteiger partial charge is 0.381 e. The summed E-state index contributed by atoms with van der Waals surface area (Å²) in [5.41, 5.74) is 2.39. The van der Waals surface area contributed by atoms with Crippen LogP contribution < -0.4 is 0 Å². The van der Waals surface area contributed by atoms with Gasteiger partial charge in [-0.3, -0.25) is 4.79 Å². The van der Waals surface area contributed by atoms with E-state index in [1.807, 2.05) is 6.08 Å². The SMILES string of the molecule is C.C=Cc1ccc(CCC(CC(C)=O)OC)cc1. The van der Waals surface area contributed by atoms with Gasteiger partial charge in [0.15, 0.2) is 0 Å². The topological polar surface area (TPSA) is 26.3 Å². The Hall–Kier alpha value is -1.41. The predicted octanol–water partition coefficient (Wildman–Crippen LogP) is 3.89. The van der Waals surface area contributed by atoms with Crippen molar-refractivity contribution >= 4 is 11.9 Å². The van der Waals surface area contributed by atoms with Gasteiger partial charge < -0.3 is 4.74 Å². The second-order valence-corrected chi connectivity index (χ2v) is 4.25. The summed E-state index contributed by atoms with van der Waals surface area (Å²) in [6.07, 6.45) is 4.18. The van der Waals surface area contributed by atoms with Crippen molar-refractivity contribution in [1.29, 1.82) is 0 Å². The zero-order valence-corrected chi connectivity index (χ0v) is 10.6. The molecule has 0 saturated carbocycles. The molecule has 18 heavy (non-hydrogen) atoms. The molecule has 2 heteroatoms. The van der Waals surface area contributed by atoms with Crippen molar-refractivity contribution in [1.82, 2.24) is 0 Å². The van der Waals surface area contributed by atoms with Gasteiger partial charge in [-0.05, 0) is 30.9 Å². The lowest BCUT2D eigenvalue weighted by Gasteiger charge is -2.13. The highest BCUT2D eigenvalue weighted by molar-refractivity contribution is 5.75. The molecule has 0 heterocycles. The molecule has 2 nitrogen and oxygen atoms in total. The van der Waals surface area contributed by atoms with Crippen molar-refractivity contribution in [3.05, 3.63) is 42.0 Å². The summed E-state index contributed by atoms with van der Waals surface area (Å²) in [5, 5.41) is 0. The molecular weight excluding hydrogens is 224 g/mol. The van der Waals surface area contributed by atoms with E-state index < -0.39 is 0 Å². The van der Waals surface area contributed by atoms with Gasteiger partial charge in [0, 0.05) is 13.5 Å². The lowest BCUT2D eigenvalue weighted by atomic mass is 10.0. The molecule has 1 unspecified atom stereocenters. The number of ether oxygens (including phenoxy) is 1. The third kappa shape index (κ3) is 5.78. The van der Waals surface area contributed by atoms with E-state index in [0.29, 0.717) is 6.42 Å². The van der Waals surface area contributed by atoms with Crippen molar-refractivity contribution < 1.29 is 9.53 Å². The van der Waals surface area contributed by atoms with Crippen LogP contribution >= 0.6 is 0 Å². The lowest BCUT2D eigenvalue weighted by Crippen LogP contribution is -2.15. The van der Waals surface area contributed by atoms with Crippen LogP contribution in [0.3, 0.4) is 0 Å². The van der Waals surface area contributed by atoms with E-state index in [9.17, 15) is 4.79 Å². The molecule has 0 aromatic heterocycles. The van der Waals surface area contributed by atoms with Crippen LogP contribution in [0, 0.1) is 0 Å². The molecule has 1 atom stereocenters. The Morgan fingerprint density at radius 1 is 1.39 bits per heavy atom. The highest BCUT2D eigenvalue weighted by Gasteiger charge is 2.10. The van der Waals surface area contributed by atoms with Crippen LogP contribution in [0.4, 0.5) is 0 Å². The molecule has 0 aliphatic carbocycles. The Kier molecular flexibility index (Phi) is 7.97. The molecule has 0 spiro atoms. The van der Waals surface area contributed by atoms with Crippen LogP contribution in [0.15, 0.2) is 30.8 Å². The minimum Gasteiger partial charge on any atom is -0.381 e. The molecule has 0 amide bonds. The summed E-state index contributed by atoms with van der Waals surface area (Å²) in [6.45, 7) is 5.33. The van der Waals surface area contributed by atoms with Gasteiger partial charge >= 0.3 is 0 Å². The molecular formula is C16H24O2. The maximum absolute atomic E-state index is 11.0. The van der Waals surface area contributed by atoms with E-state index in [-0.39, 0.29) is 19.3 Å². The second kappa shape index (κ2) is 8.65. The van der Waals surface area contributed by atoms with Gasteiger partial charge in [0.25, 0.3) is 0 Å². The van der Waals surface area contributed by atoms with Crippen molar-refractivity contribution in [3.63, 3.8) is 0 Å². The van der Waals surface area contributed by atoms with Gasteiger partial charge in [-0.2, -0.15) is 0 Å². The first-order chi connectivity index (χ1) is 8.15. The number of aryl methyl sites for hydroxylation is 1. The summed E-state index contributed by atoms with van der Waals surface area (Å²) in [4.78, 5) is 11.0. The fraction of sp³-hybridized carbons (Fsp3) is 0.438. The lowest BCUT2D eigenvalue weighted by molar-refractivity contribution is -0.119. The fourth-order valence-corrected chi connectivity index (χ4v) is 1.77. The fourth-order valence-electron chi connectivity index (χ4n) is 1.77. The zero-order chi connectivity index (χ0) is 12.7. The number of carbonyl (C=O) groups excluding carboxylic acids is 1. The molecule has 1 aromatic rings. The number of hydrogen-bond donors (Lipinski definition) is 0. The summed E-state index contributed by atoms with van der Waals surface area (Å²) < 4.78 is 5.29. The third-order valence-electron chi connectivity index (χ3n) is 2.82. The maximum atomic E-state index is 11.0. The average Bonchev–Trinajstić information content (AvgIpc) is 2.34. The van der Waals surface area contributed by atoms with E-state index in [1.165, 1.54) is 5.56 Å². The first-order valence-corrected chi connectivity index (χ1v) is 5.89. The Morgan fingerprint density at radius 2 is 2.00 bits per heavy atom. The van der Waals surface area contributed by atoms with Gasteiger partial charge in [-0.15, -0.1) is 0 Å². The molecule has 0 bridgehead atoms. The van der Waals surface area contributed by atoms with Crippen LogP contribution in [0.5, 0.6) is 0 Å². The quantitative estimate of drug-likeness (QED) is 0.731. The Bertz CT molecular complexity index is 365. The van der Waals surface area contributed by atoms with Gasteiger partial charge in [0.05, 0.1) is 6.10 Å². The summed E-state index contributed by atoms with van der Waals surface area (Å²) >= 11 is 0. The van der Waals surface area contributed by atoms with Gasteiger partial charge in [-0.1, -0.05) is 44.3 Å². The predicted molar refractivity (Wildman–Crippen MR) is 77.7 cm³/mol. The monoisotopic (exact) mass is 248 g/mol. The maximum Gasteiger partial charge on any atom is 0.132 e. The molecule has 0 aliphatic rings. The molecule has 0 fully saturated rings. The summed E-state index contributed by atoms with van der Waals surface area (Å²) in [6, 6.07) is 8.29. The summed E-state index contributed by atoms with van der Waals surface area (Å²) in [7, 11) is 1.66. The molecule has 100 valence electrons. The van der Waals surface area contributed by atoms with Crippen LogP contribution in [-0.2, 0) is 16.0 Å². The van der Waals surface area contributed by atoms with Crippen LogP contribution in [0.25, 0.3) is 6.08 Å². The highest BCUT2D eigenvalue weighted by Crippen LogP contribution is 2.12. The minimum absolute atomic E-state index is 0. The van der Waals surface area contributed by atoms with E-state index in [0.717, 1.165) is 18.4 Å². The molecule has 0 saturated heterocycles. The van der Waals surface area contributed by atoms with Crippen molar-refractivity contribution in [2.24, 2.45) is 0 Å². The Balaban J connectivity index is 0.00000289. The van der Waals surface area contributed by atoms with E-state index >= 15 is 0 Å². The molecule has 1 aromatic carbocycles. The number of carbonyl (C=O) groups is 1. The van der Waals surface area contributed by atoms with Crippen LogP contribution in [-0.4, -0.2) is 19.0 Å². The number of ketones is 1. The Morgan fingerprint density at radius 3 is 2.44 bits per heavy atom. The minimum atomic E-state index is 0. The molecule has 0 radical (unpaired) electrons. The normalized spacial score (nSPS) is 11.4. The number of benzene rings is 1. The van der Waals surface area contributed by atoms with Crippen molar-refractivity contribution in [2.75, 3.05) is 7.11 Å². The molecule has 0 aliphatic heterocycles. The van der Waals surface area contributed by atoms with Crippen molar-refractivity contribution in [3.8, 4) is 0 Å². The molecule has 1 rings (SSSR count). The number of methoxy groups -OCH3 is 1. The first-order valence-electron chi connectivity index (χ1n) is 5.89. The van der Waals surface area contributed by atoms with Crippen molar-refractivity contribution in [2.45, 2.75) is 39.7 Å². The number of Topliss-reactive ketones (excluding diaryl/α,β-unsaturated/α-hetero) is 1. The highest BCUT2D eigenvalue weighted by atomic mass is 16.5. The van der Waals surface area contributed by atoms with Crippen LogP contribution in [0.1, 0.15) is 38.3 Å². The second-order valence-electron chi connectivity index (χ2n) is 4.25. The smallest absolute Gasteiger partial charge is 0.132 e. The number of hydrogen-bond acceptors (Lipinski definition) is 2. The zero-order valence-electron chi connectivity index (χ0n) is 10.6. The van der Waals surface area contributed by atoms with E-state index in [1.54, 1.807) is 14.0 Å². The first kappa shape index (κ1) is 16.6. The van der Waals surface area contributed by atoms with Gasteiger partial charge in [-0.25, -0.2) is 0 Å². The Labute approximate surface area is 111 Å². The van der Waals surface area contributed by atoms with Gasteiger partial charge in [0.1, 0.15) is 5.78 Å². The third-order valence-corrected chi connectivity index (χ3v) is 2.82. The standard InChI is InChI=1S/C15H20O2.CH4/c1-4-13-5-7-14(8-6-13)9-10-15(17-3)11-12(2)16;/h4-8,15H,1,9-11H2,2-3H3;1H4. The van der Waals surface area contributed by atoms with E-state index in [2.05, 4.69) is 30.8 Å². The molecule has 0 N–H and O–H groups in total. The average molecular weight is 248 g/mol. The van der Waals surface area contributed by atoms with E-state index in [4.69, 9.17) is 4.74 Å². The number of rotatable bonds is 7. The summed E-state index contributed by atoms with van der Waals surface area (Å²) in [5.74, 6) is 0.179. The van der Waals surface area contributed by atoms with Gasteiger partial charge in [0.2, 0.25) is 0 Å². The van der Waals surface area contributed by atoms with Crippen LogP contribution in [0.2, 0.25) is 0 Å².